The Balaban J connectivity index is 2.73. The maximum absolute atomic E-state index is 12.0. The lowest BCUT2D eigenvalue weighted by Crippen LogP contribution is -2.32. The van der Waals surface area contributed by atoms with E-state index in [0.717, 1.165) is 5.56 Å². The summed E-state index contributed by atoms with van der Waals surface area (Å²) in [6.07, 6.45) is -0.126. The summed E-state index contributed by atoms with van der Waals surface area (Å²) in [6.45, 7) is 6.36. The molecule has 0 fully saturated rings. The smallest absolute Gasteiger partial charge is 0.240 e. The van der Waals surface area contributed by atoms with Gasteiger partial charge in [0.25, 0.3) is 0 Å². The van der Waals surface area contributed by atoms with Crippen molar-refractivity contribution in [2.75, 3.05) is 13.2 Å². The van der Waals surface area contributed by atoms with E-state index in [0.29, 0.717) is 11.5 Å². The lowest BCUT2D eigenvalue weighted by Gasteiger charge is -2.13. The highest BCUT2D eigenvalue weighted by Gasteiger charge is 2.16. The van der Waals surface area contributed by atoms with Crippen LogP contribution in [-0.2, 0) is 14.8 Å². The van der Waals surface area contributed by atoms with Gasteiger partial charge in [0.05, 0.1) is 11.0 Å². The maximum Gasteiger partial charge on any atom is 0.240 e. The molecule has 1 aromatic rings. The second-order valence-electron chi connectivity index (χ2n) is 3.88. The standard InChI is InChI=1S/C12H19NO3S/c1-4-16-11(3)9-13-17(14,15)12-8-6-5-7-10(12)2/h5-8,11,13H,4,9H2,1-3H3. The van der Waals surface area contributed by atoms with Gasteiger partial charge in [0.1, 0.15) is 0 Å². The number of hydrogen-bond acceptors (Lipinski definition) is 3. The molecule has 0 spiro atoms. The number of sulfonamides is 1. The molecule has 1 unspecified atom stereocenters. The Bertz CT molecular complexity index is 457. The van der Waals surface area contributed by atoms with Crippen LogP contribution in [0.2, 0.25) is 0 Å². The highest BCUT2D eigenvalue weighted by atomic mass is 32.2. The van der Waals surface area contributed by atoms with E-state index in [4.69, 9.17) is 4.74 Å². The molecule has 4 nitrogen and oxygen atoms in total. The van der Waals surface area contributed by atoms with Crippen LogP contribution in [0.4, 0.5) is 0 Å². The SMILES string of the molecule is CCOC(C)CNS(=O)(=O)c1ccccc1C. The van der Waals surface area contributed by atoms with E-state index in [1.54, 1.807) is 25.1 Å². The number of rotatable bonds is 6. The minimum Gasteiger partial charge on any atom is -0.377 e. The normalized spacial score (nSPS) is 13.6. The molecule has 0 aromatic heterocycles. The molecule has 1 rings (SSSR count). The van der Waals surface area contributed by atoms with Crippen LogP contribution in [-0.4, -0.2) is 27.7 Å². The van der Waals surface area contributed by atoms with E-state index in [1.807, 2.05) is 19.9 Å². The van der Waals surface area contributed by atoms with Gasteiger partial charge in [-0.2, -0.15) is 0 Å². The molecule has 0 amide bonds. The van der Waals surface area contributed by atoms with Gasteiger partial charge in [-0.1, -0.05) is 18.2 Å². The average molecular weight is 257 g/mol. The topological polar surface area (TPSA) is 55.4 Å². The molecule has 0 bridgehead atoms. The minimum absolute atomic E-state index is 0.126. The molecule has 0 aliphatic rings. The Kier molecular flexibility index (Phi) is 5.11. The first kappa shape index (κ1) is 14.2. The van der Waals surface area contributed by atoms with Gasteiger partial charge < -0.3 is 4.74 Å². The first-order chi connectivity index (χ1) is 7.97. The summed E-state index contributed by atoms with van der Waals surface area (Å²) in [7, 11) is -3.43. The molecule has 0 saturated carbocycles. The van der Waals surface area contributed by atoms with Gasteiger partial charge in [-0.05, 0) is 32.4 Å². The minimum atomic E-state index is -3.43. The molecule has 1 atom stereocenters. The van der Waals surface area contributed by atoms with Crippen molar-refractivity contribution in [2.45, 2.75) is 31.8 Å². The molecule has 1 aromatic carbocycles. The fourth-order valence-corrected chi connectivity index (χ4v) is 2.87. The van der Waals surface area contributed by atoms with E-state index in [1.165, 1.54) is 0 Å². The van der Waals surface area contributed by atoms with Crippen LogP contribution >= 0.6 is 0 Å². The van der Waals surface area contributed by atoms with E-state index in [-0.39, 0.29) is 12.6 Å². The Morgan fingerprint density at radius 3 is 2.59 bits per heavy atom. The Morgan fingerprint density at radius 2 is 2.00 bits per heavy atom. The molecule has 0 heterocycles. The molecular weight excluding hydrogens is 238 g/mol. The average Bonchev–Trinajstić information content (AvgIpc) is 2.27. The van der Waals surface area contributed by atoms with Crippen molar-refractivity contribution in [3.8, 4) is 0 Å². The van der Waals surface area contributed by atoms with Crippen molar-refractivity contribution in [3.63, 3.8) is 0 Å². The third-order valence-electron chi connectivity index (χ3n) is 2.40. The molecule has 17 heavy (non-hydrogen) atoms. The number of benzene rings is 1. The predicted octanol–water partition coefficient (Wildman–Crippen LogP) is 1.70. The molecule has 0 aliphatic heterocycles. The summed E-state index contributed by atoms with van der Waals surface area (Å²) in [4.78, 5) is 0.323. The van der Waals surface area contributed by atoms with Gasteiger partial charge in [0.2, 0.25) is 10.0 Å². The van der Waals surface area contributed by atoms with Gasteiger partial charge in [0, 0.05) is 13.2 Å². The summed E-state index contributed by atoms with van der Waals surface area (Å²) in [5.74, 6) is 0. The van der Waals surface area contributed by atoms with Crippen molar-refractivity contribution >= 4 is 10.0 Å². The van der Waals surface area contributed by atoms with Crippen molar-refractivity contribution < 1.29 is 13.2 Å². The third kappa shape index (κ3) is 4.11. The van der Waals surface area contributed by atoms with E-state index >= 15 is 0 Å². The fourth-order valence-electron chi connectivity index (χ4n) is 1.51. The number of nitrogens with one attached hydrogen (secondary N) is 1. The lowest BCUT2D eigenvalue weighted by atomic mass is 10.2. The van der Waals surface area contributed by atoms with Crippen molar-refractivity contribution in [1.82, 2.24) is 4.72 Å². The van der Waals surface area contributed by atoms with Crippen LogP contribution in [0, 0.1) is 6.92 Å². The maximum atomic E-state index is 12.0. The van der Waals surface area contributed by atoms with Gasteiger partial charge >= 0.3 is 0 Å². The lowest BCUT2D eigenvalue weighted by molar-refractivity contribution is 0.0799. The van der Waals surface area contributed by atoms with Crippen LogP contribution in [0.1, 0.15) is 19.4 Å². The monoisotopic (exact) mass is 257 g/mol. The van der Waals surface area contributed by atoms with Crippen LogP contribution < -0.4 is 4.72 Å². The van der Waals surface area contributed by atoms with Gasteiger partial charge in [0.15, 0.2) is 0 Å². The Labute approximate surface area is 103 Å². The highest BCUT2D eigenvalue weighted by Crippen LogP contribution is 2.13. The zero-order valence-corrected chi connectivity index (χ0v) is 11.3. The molecule has 96 valence electrons. The first-order valence-electron chi connectivity index (χ1n) is 5.64. The van der Waals surface area contributed by atoms with Crippen LogP contribution in [0.25, 0.3) is 0 Å². The zero-order chi connectivity index (χ0) is 12.9. The van der Waals surface area contributed by atoms with Crippen LogP contribution in [0.15, 0.2) is 29.2 Å². The third-order valence-corrected chi connectivity index (χ3v) is 3.98. The predicted molar refractivity (Wildman–Crippen MR) is 67.5 cm³/mol. The van der Waals surface area contributed by atoms with Gasteiger partial charge in [-0.3, -0.25) is 0 Å². The fraction of sp³-hybridized carbons (Fsp3) is 0.500. The van der Waals surface area contributed by atoms with Gasteiger partial charge in [-0.15, -0.1) is 0 Å². The van der Waals surface area contributed by atoms with Crippen molar-refractivity contribution in [3.05, 3.63) is 29.8 Å². The van der Waals surface area contributed by atoms with Crippen molar-refractivity contribution in [2.24, 2.45) is 0 Å². The molecule has 5 heteroatoms. The van der Waals surface area contributed by atoms with E-state index < -0.39 is 10.0 Å². The second kappa shape index (κ2) is 6.14. The Morgan fingerprint density at radius 1 is 1.35 bits per heavy atom. The summed E-state index contributed by atoms with van der Waals surface area (Å²) < 4.78 is 31.8. The number of aryl methyl sites for hydroxylation is 1. The van der Waals surface area contributed by atoms with Gasteiger partial charge in [-0.25, -0.2) is 13.1 Å². The quantitative estimate of drug-likeness (QED) is 0.844. The molecule has 1 N–H and O–H groups in total. The summed E-state index contributed by atoms with van der Waals surface area (Å²) in [6, 6.07) is 6.91. The molecule has 0 aliphatic carbocycles. The first-order valence-corrected chi connectivity index (χ1v) is 7.12. The zero-order valence-electron chi connectivity index (χ0n) is 10.4. The van der Waals surface area contributed by atoms with Crippen molar-refractivity contribution in [1.29, 1.82) is 0 Å². The van der Waals surface area contributed by atoms with E-state index in [9.17, 15) is 8.42 Å². The molecular formula is C12H19NO3S. The summed E-state index contributed by atoms with van der Waals surface area (Å²) in [5, 5.41) is 0. The van der Waals surface area contributed by atoms with Crippen LogP contribution in [0.3, 0.4) is 0 Å². The molecule has 0 saturated heterocycles. The number of ether oxygens (including phenoxy) is 1. The molecule has 0 radical (unpaired) electrons. The highest BCUT2D eigenvalue weighted by molar-refractivity contribution is 7.89. The second-order valence-corrected chi connectivity index (χ2v) is 5.62. The Hall–Kier alpha value is -0.910. The van der Waals surface area contributed by atoms with E-state index in [2.05, 4.69) is 4.72 Å². The van der Waals surface area contributed by atoms with Crippen LogP contribution in [0.5, 0.6) is 0 Å². The summed E-state index contributed by atoms with van der Waals surface area (Å²) in [5.41, 5.74) is 0.740. The number of hydrogen-bond donors (Lipinski definition) is 1. The summed E-state index contributed by atoms with van der Waals surface area (Å²) >= 11 is 0. The largest absolute Gasteiger partial charge is 0.377 e.